The minimum atomic E-state index is -3.76. The lowest BCUT2D eigenvalue weighted by atomic mass is 9.93. The maximum atomic E-state index is 12.5. The number of sulfonamides is 1. The van der Waals surface area contributed by atoms with E-state index in [0.29, 0.717) is 5.92 Å². The topological polar surface area (TPSA) is 115 Å². The molecule has 8 nitrogen and oxygen atoms in total. The van der Waals surface area contributed by atoms with Crippen molar-refractivity contribution in [3.8, 4) is 0 Å². The normalized spacial score (nSPS) is 19.2. The van der Waals surface area contributed by atoms with Crippen LogP contribution in [-0.4, -0.2) is 48.6 Å². The summed E-state index contributed by atoms with van der Waals surface area (Å²) in [6, 6.07) is 3.05. The van der Waals surface area contributed by atoms with Gasteiger partial charge < -0.3 is 15.0 Å². The molecule has 1 fully saturated rings. The molecular formula is C20H34N4O4S. The summed E-state index contributed by atoms with van der Waals surface area (Å²) in [5, 5.41) is 8.14. The van der Waals surface area contributed by atoms with Gasteiger partial charge in [-0.1, -0.05) is 6.42 Å². The number of ether oxygens (including phenoxy) is 1. The van der Waals surface area contributed by atoms with Gasteiger partial charge in [0.05, 0.1) is 11.9 Å². The summed E-state index contributed by atoms with van der Waals surface area (Å²) in [5.41, 5.74) is 0.0795. The highest BCUT2D eigenvalue weighted by Crippen LogP contribution is 2.36. The third-order valence-corrected chi connectivity index (χ3v) is 5.79. The second-order valence-electron chi connectivity index (χ2n) is 9.33. The van der Waals surface area contributed by atoms with Gasteiger partial charge in [0.25, 0.3) is 10.0 Å². The van der Waals surface area contributed by atoms with Crippen molar-refractivity contribution >= 4 is 21.8 Å². The number of unbranched alkanes of at least 4 members (excludes halogenated alkanes) is 1. The van der Waals surface area contributed by atoms with Crippen LogP contribution in [0.5, 0.6) is 0 Å². The van der Waals surface area contributed by atoms with Crippen molar-refractivity contribution in [3.05, 3.63) is 18.3 Å². The van der Waals surface area contributed by atoms with Crippen LogP contribution in [0.15, 0.2) is 23.4 Å². The molecule has 0 bridgehead atoms. The number of hydrogen-bond donors (Lipinski definition) is 2. The van der Waals surface area contributed by atoms with Gasteiger partial charge in [-0.25, -0.2) is 23.3 Å². The molecule has 0 radical (unpaired) electrons. The average molecular weight is 427 g/mol. The van der Waals surface area contributed by atoms with E-state index in [0.717, 1.165) is 44.5 Å². The van der Waals surface area contributed by atoms with E-state index in [4.69, 9.17) is 9.88 Å². The number of rotatable bonds is 7. The first-order valence-corrected chi connectivity index (χ1v) is 11.6. The number of nitrogens with one attached hydrogen (secondary N) is 1. The summed E-state index contributed by atoms with van der Waals surface area (Å²) in [4.78, 5) is 18.2. The molecule has 1 aliphatic heterocycles. The SMILES string of the molecule is CC(C)(C)OC(=O)N1CC(CCCCNc2ccc(S(N)(=O)=O)nc2)CC1(C)C. The van der Waals surface area contributed by atoms with E-state index >= 15 is 0 Å². The molecule has 1 saturated heterocycles. The average Bonchev–Trinajstić information content (AvgIpc) is 2.87. The van der Waals surface area contributed by atoms with Crippen LogP contribution in [0.4, 0.5) is 10.5 Å². The molecule has 1 atom stereocenters. The van der Waals surface area contributed by atoms with Crippen LogP contribution < -0.4 is 10.5 Å². The number of anilines is 1. The Morgan fingerprint density at radius 1 is 1.34 bits per heavy atom. The largest absolute Gasteiger partial charge is 0.444 e. The van der Waals surface area contributed by atoms with E-state index in [-0.39, 0.29) is 16.7 Å². The Bertz CT molecular complexity index is 801. The van der Waals surface area contributed by atoms with E-state index in [1.54, 1.807) is 6.07 Å². The van der Waals surface area contributed by atoms with Crippen LogP contribution in [0.1, 0.15) is 60.3 Å². The molecule has 1 aromatic rings. The standard InChI is InChI=1S/C20H34N4O4S/c1-19(2,3)28-18(25)24-14-15(12-20(24,4)5)8-6-7-11-22-16-9-10-17(23-13-16)29(21,26)27/h9-10,13,15,22H,6-8,11-12,14H2,1-5H3,(H2,21,26,27). The Balaban J connectivity index is 1.73. The fourth-order valence-electron chi connectivity index (χ4n) is 3.66. The second-order valence-corrected chi connectivity index (χ2v) is 10.8. The fourth-order valence-corrected chi connectivity index (χ4v) is 4.12. The molecule has 0 spiro atoms. The predicted molar refractivity (Wildman–Crippen MR) is 113 cm³/mol. The van der Waals surface area contributed by atoms with Crippen molar-refractivity contribution in [3.63, 3.8) is 0 Å². The summed E-state index contributed by atoms with van der Waals surface area (Å²) in [5.74, 6) is 0.466. The first kappa shape index (κ1) is 23.4. The van der Waals surface area contributed by atoms with Crippen LogP contribution in [0.2, 0.25) is 0 Å². The molecule has 2 heterocycles. The number of carbonyl (C=O) groups is 1. The number of pyridine rings is 1. The van der Waals surface area contributed by atoms with Gasteiger partial charge in [-0.05, 0) is 71.9 Å². The number of carbonyl (C=O) groups excluding carboxylic acids is 1. The van der Waals surface area contributed by atoms with E-state index in [1.807, 2.05) is 25.7 Å². The monoisotopic (exact) mass is 426 g/mol. The van der Waals surface area contributed by atoms with Gasteiger partial charge in [-0.3, -0.25) is 0 Å². The Kier molecular flexibility index (Phi) is 7.16. The highest BCUT2D eigenvalue weighted by atomic mass is 32.2. The molecule has 164 valence electrons. The smallest absolute Gasteiger partial charge is 0.410 e. The second kappa shape index (κ2) is 8.87. The van der Waals surface area contributed by atoms with Gasteiger partial charge >= 0.3 is 6.09 Å². The Hall–Kier alpha value is -1.87. The molecule has 1 aromatic heterocycles. The Morgan fingerprint density at radius 2 is 2.03 bits per heavy atom. The zero-order chi connectivity index (χ0) is 21.9. The highest BCUT2D eigenvalue weighted by Gasteiger charge is 2.42. The number of aromatic nitrogens is 1. The summed E-state index contributed by atoms with van der Waals surface area (Å²) in [6.07, 6.45) is 5.27. The summed E-state index contributed by atoms with van der Waals surface area (Å²) in [7, 11) is -3.76. The lowest BCUT2D eigenvalue weighted by Gasteiger charge is -2.33. The van der Waals surface area contributed by atoms with Gasteiger partial charge in [0.2, 0.25) is 0 Å². The van der Waals surface area contributed by atoms with E-state index in [2.05, 4.69) is 24.1 Å². The Labute approximate surface area is 174 Å². The molecule has 2 rings (SSSR count). The lowest BCUT2D eigenvalue weighted by molar-refractivity contribution is 0.0131. The van der Waals surface area contributed by atoms with E-state index in [9.17, 15) is 13.2 Å². The number of nitrogens with two attached hydrogens (primary N) is 1. The van der Waals surface area contributed by atoms with Crippen molar-refractivity contribution in [1.82, 2.24) is 9.88 Å². The number of nitrogens with zero attached hydrogens (tertiary/aromatic N) is 2. The minimum Gasteiger partial charge on any atom is -0.444 e. The van der Waals surface area contributed by atoms with Gasteiger partial charge in [0.15, 0.2) is 5.03 Å². The van der Waals surface area contributed by atoms with Crippen LogP contribution in [-0.2, 0) is 14.8 Å². The maximum Gasteiger partial charge on any atom is 0.410 e. The Morgan fingerprint density at radius 3 is 2.59 bits per heavy atom. The summed E-state index contributed by atoms with van der Waals surface area (Å²) >= 11 is 0. The number of hydrogen-bond acceptors (Lipinski definition) is 6. The van der Waals surface area contributed by atoms with Crippen molar-refractivity contribution in [2.24, 2.45) is 11.1 Å². The van der Waals surface area contributed by atoms with Gasteiger partial charge in [-0.15, -0.1) is 0 Å². The zero-order valence-electron chi connectivity index (χ0n) is 18.1. The zero-order valence-corrected chi connectivity index (χ0v) is 18.9. The van der Waals surface area contributed by atoms with Crippen LogP contribution in [0.3, 0.4) is 0 Å². The van der Waals surface area contributed by atoms with Gasteiger partial charge in [-0.2, -0.15) is 0 Å². The first-order valence-electron chi connectivity index (χ1n) is 10.0. The highest BCUT2D eigenvalue weighted by molar-refractivity contribution is 7.89. The molecule has 3 N–H and O–H groups in total. The molecule has 9 heteroatoms. The molecule has 29 heavy (non-hydrogen) atoms. The van der Waals surface area contributed by atoms with Crippen molar-refractivity contribution < 1.29 is 17.9 Å². The third kappa shape index (κ3) is 7.15. The quantitative estimate of drug-likeness (QED) is 0.646. The molecule has 1 amide bonds. The lowest BCUT2D eigenvalue weighted by Crippen LogP contribution is -2.45. The van der Waals surface area contributed by atoms with Crippen LogP contribution in [0.25, 0.3) is 0 Å². The third-order valence-electron chi connectivity index (χ3n) is 4.97. The van der Waals surface area contributed by atoms with Crippen LogP contribution in [0, 0.1) is 5.92 Å². The molecule has 1 aliphatic rings. The van der Waals surface area contributed by atoms with Crippen LogP contribution >= 0.6 is 0 Å². The first-order chi connectivity index (χ1) is 13.3. The minimum absolute atomic E-state index is 0.138. The maximum absolute atomic E-state index is 12.5. The van der Waals surface area contributed by atoms with Gasteiger partial charge in [0, 0.05) is 18.6 Å². The van der Waals surface area contributed by atoms with E-state index < -0.39 is 15.6 Å². The molecular weight excluding hydrogens is 392 g/mol. The molecule has 0 aromatic carbocycles. The van der Waals surface area contributed by atoms with Crippen molar-refractivity contribution in [1.29, 1.82) is 0 Å². The fraction of sp³-hybridized carbons (Fsp3) is 0.700. The molecule has 0 aliphatic carbocycles. The molecule has 0 saturated carbocycles. The summed E-state index contributed by atoms with van der Waals surface area (Å²) < 4.78 is 28.0. The van der Waals surface area contributed by atoms with Crippen molar-refractivity contribution in [2.75, 3.05) is 18.4 Å². The number of primary sulfonamides is 1. The van der Waals surface area contributed by atoms with Crippen molar-refractivity contribution in [2.45, 2.75) is 76.5 Å². The molecule has 1 unspecified atom stereocenters. The van der Waals surface area contributed by atoms with E-state index in [1.165, 1.54) is 12.3 Å². The number of likely N-dealkylation sites (tertiary alicyclic amines) is 1. The predicted octanol–water partition coefficient (Wildman–Crippen LogP) is 3.35. The summed E-state index contributed by atoms with van der Waals surface area (Å²) in [6.45, 7) is 11.3. The van der Waals surface area contributed by atoms with Gasteiger partial charge in [0.1, 0.15) is 5.60 Å². The number of amides is 1.